The number of benzene rings is 2. The molecule has 1 N–H and O–H groups in total. The number of aromatic nitrogens is 2. The van der Waals surface area contributed by atoms with Gasteiger partial charge in [0.2, 0.25) is 5.91 Å². The minimum Gasteiger partial charge on any atom is -0.310 e. The van der Waals surface area contributed by atoms with Crippen molar-refractivity contribution < 1.29 is 9.72 Å². The Morgan fingerprint density at radius 2 is 1.85 bits per heavy atom. The molecule has 26 heavy (non-hydrogen) atoms. The number of nitrogens with one attached hydrogen (secondary N) is 1. The molecule has 1 aromatic heterocycles. The Morgan fingerprint density at radius 1 is 1.12 bits per heavy atom. The summed E-state index contributed by atoms with van der Waals surface area (Å²) in [5.74, 6) is 0.601. The van der Waals surface area contributed by atoms with E-state index in [-0.39, 0.29) is 22.6 Å². The Labute approximate surface area is 153 Å². The van der Waals surface area contributed by atoms with Gasteiger partial charge in [0.1, 0.15) is 5.82 Å². The maximum Gasteiger partial charge on any atom is 0.274 e. The van der Waals surface area contributed by atoms with E-state index in [1.54, 1.807) is 29.1 Å². The monoisotopic (exact) mass is 366 g/mol. The predicted molar refractivity (Wildman–Crippen MR) is 99.6 cm³/mol. The number of amides is 1. The first-order chi connectivity index (χ1) is 12.6. The van der Waals surface area contributed by atoms with Crippen LogP contribution in [-0.4, -0.2) is 26.4 Å². The summed E-state index contributed by atoms with van der Waals surface area (Å²) >= 11 is 1.36. The van der Waals surface area contributed by atoms with Gasteiger partial charge in [0.25, 0.3) is 5.69 Å². The normalized spacial score (nSPS) is 16.5. The third-order valence-electron chi connectivity index (χ3n) is 4.14. The third-order valence-corrected chi connectivity index (χ3v) is 5.41. The number of anilines is 1. The maximum absolute atomic E-state index is 12.2. The van der Waals surface area contributed by atoms with Gasteiger partial charge in [0.15, 0.2) is 0 Å². The van der Waals surface area contributed by atoms with E-state index < -0.39 is 4.92 Å². The van der Waals surface area contributed by atoms with Crippen molar-refractivity contribution in [3.05, 3.63) is 82.0 Å². The average molecular weight is 366 g/mol. The van der Waals surface area contributed by atoms with Crippen molar-refractivity contribution in [3.63, 3.8) is 0 Å². The Balaban J connectivity index is 1.87. The number of thioether (sulfide) groups is 1. The SMILES string of the molecule is O=C1CSC(c2ccccc2[N+](=O)[O-])c2cnn(-c3ccccc3)c2N1. The first kappa shape index (κ1) is 16.3. The van der Waals surface area contributed by atoms with Crippen LogP contribution in [0, 0.1) is 10.1 Å². The van der Waals surface area contributed by atoms with E-state index in [2.05, 4.69) is 10.4 Å². The summed E-state index contributed by atoms with van der Waals surface area (Å²) in [4.78, 5) is 23.3. The molecule has 1 unspecified atom stereocenters. The van der Waals surface area contributed by atoms with E-state index in [0.717, 1.165) is 11.3 Å². The molecule has 0 bridgehead atoms. The molecule has 8 heteroatoms. The molecule has 0 spiro atoms. The average Bonchev–Trinajstić information content (AvgIpc) is 2.98. The second kappa shape index (κ2) is 6.64. The lowest BCUT2D eigenvalue weighted by molar-refractivity contribution is -0.385. The van der Waals surface area contributed by atoms with Crippen LogP contribution >= 0.6 is 11.8 Å². The molecule has 4 rings (SSSR count). The first-order valence-electron chi connectivity index (χ1n) is 7.93. The highest BCUT2D eigenvalue weighted by Crippen LogP contribution is 2.44. The lowest BCUT2D eigenvalue weighted by atomic mass is 10.0. The van der Waals surface area contributed by atoms with Gasteiger partial charge in [-0.25, -0.2) is 4.68 Å². The van der Waals surface area contributed by atoms with Crippen LogP contribution in [0.15, 0.2) is 60.8 Å². The number of carbonyl (C=O) groups excluding carboxylic acids is 1. The fraction of sp³-hybridized carbons (Fsp3) is 0.111. The number of hydrogen-bond acceptors (Lipinski definition) is 5. The molecule has 130 valence electrons. The minimum absolute atomic E-state index is 0.0396. The molecule has 0 saturated carbocycles. The second-order valence-corrected chi connectivity index (χ2v) is 6.84. The van der Waals surface area contributed by atoms with Crippen LogP contribution in [0.1, 0.15) is 16.4 Å². The van der Waals surface area contributed by atoms with Crippen molar-refractivity contribution in [2.75, 3.05) is 11.1 Å². The fourth-order valence-corrected chi connectivity index (χ4v) is 4.11. The Kier molecular flexibility index (Phi) is 4.18. The number of nitrogens with zero attached hydrogens (tertiary/aromatic N) is 3. The molecule has 1 atom stereocenters. The van der Waals surface area contributed by atoms with Gasteiger partial charge in [-0.2, -0.15) is 5.10 Å². The van der Waals surface area contributed by atoms with Crippen LogP contribution in [0.4, 0.5) is 11.5 Å². The summed E-state index contributed by atoms with van der Waals surface area (Å²) in [7, 11) is 0. The van der Waals surface area contributed by atoms with Crippen LogP contribution in [0.5, 0.6) is 0 Å². The number of hydrogen-bond donors (Lipinski definition) is 1. The summed E-state index contributed by atoms with van der Waals surface area (Å²) < 4.78 is 1.65. The van der Waals surface area contributed by atoms with Crippen LogP contribution < -0.4 is 5.32 Å². The Morgan fingerprint density at radius 3 is 2.62 bits per heavy atom. The molecule has 1 aliphatic rings. The molecular weight excluding hydrogens is 352 g/mol. The van der Waals surface area contributed by atoms with E-state index in [1.807, 2.05) is 30.3 Å². The molecule has 1 aliphatic heterocycles. The van der Waals surface area contributed by atoms with Crippen molar-refractivity contribution in [1.29, 1.82) is 0 Å². The first-order valence-corrected chi connectivity index (χ1v) is 8.98. The van der Waals surface area contributed by atoms with Crippen molar-refractivity contribution in [3.8, 4) is 5.69 Å². The molecule has 0 aliphatic carbocycles. The van der Waals surface area contributed by atoms with Crippen molar-refractivity contribution in [2.45, 2.75) is 5.25 Å². The summed E-state index contributed by atoms with van der Waals surface area (Å²) in [6.45, 7) is 0. The topological polar surface area (TPSA) is 90.1 Å². The quantitative estimate of drug-likeness (QED) is 0.565. The number of para-hydroxylation sites is 2. The van der Waals surface area contributed by atoms with Gasteiger partial charge in [-0.15, -0.1) is 11.8 Å². The number of rotatable bonds is 3. The van der Waals surface area contributed by atoms with Gasteiger partial charge in [-0.3, -0.25) is 14.9 Å². The third kappa shape index (κ3) is 2.84. The zero-order valence-corrected chi connectivity index (χ0v) is 14.3. The van der Waals surface area contributed by atoms with E-state index in [0.29, 0.717) is 11.4 Å². The van der Waals surface area contributed by atoms with Crippen LogP contribution in [0.3, 0.4) is 0 Å². The molecule has 0 radical (unpaired) electrons. The number of nitro benzene ring substituents is 1. The van der Waals surface area contributed by atoms with Gasteiger partial charge >= 0.3 is 0 Å². The van der Waals surface area contributed by atoms with Gasteiger partial charge in [-0.05, 0) is 12.1 Å². The summed E-state index contributed by atoms with van der Waals surface area (Å²) in [5.41, 5.74) is 2.16. The molecular formula is C18H14N4O3S. The van der Waals surface area contributed by atoms with E-state index >= 15 is 0 Å². The van der Waals surface area contributed by atoms with Gasteiger partial charge in [0, 0.05) is 17.2 Å². The van der Waals surface area contributed by atoms with Crippen LogP contribution in [-0.2, 0) is 4.79 Å². The van der Waals surface area contributed by atoms with E-state index in [4.69, 9.17) is 0 Å². The highest BCUT2D eigenvalue weighted by Gasteiger charge is 2.31. The highest BCUT2D eigenvalue weighted by atomic mass is 32.2. The van der Waals surface area contributed by atoms with Gasteiger partial charge < -0.3 is 5.32 Å². The number of carbonyl (C=O) groups is 1. The lowest BCUT2D eigenvalue weighted by Gasteiger charge is -2.14. The molecule has 1 amide bonds. The molecule has 2 aromatic carbocycles. The Hall–Kier alpha value is -3.13. The van der Waals surface area contributed by atoms with Crippen molar-refractivity contribution >= 4 is 29.2 Å². The summed E-state index contributed by atoms with van der Waals surface area (Å²) in [6.07, 6.45) is 1.67. The standard InChI is InChI=1S/C18H14N4O3S/c23-16-11-26-17(13-8-4-5-9-15(13)22(24)25)14-10-19-21(18(14)20-16)12-6-2-1-3-7-12/h1-10,17H,11H2,(H,20,23). The summed E-state index contributed by atoms with van der Waals surface area (Å²) in [5, 5.41) is 18.4. The smallest absolute Gasteiger partial charge is 0.274 e. The van der Waals surface area contributed by atoms with Crippen LogP contribution in [0.2, 0.25) is 0 Å². The zero-order valence-electron chi connectivity index (χ0n) is 13.5. The Bertz CT molecular complexity index is 987. The molecule has 0 fully saturated rings. The molecule has 2 heterocycles. The predicted octanol–water partition coefficient (Wildman–Crippen LogP) is 3.56. The molecule has 7 nitrogen and oxygen atoms in total. The van der Waals surface area contributed by atoms with Crippen LogP contribution in [0.25, 0.3) is 5.69 Å². The van der Waals surface area contributed by atoms with E-state index in [1.165, 1.54) is 17.8 Å². The van der Waals surface area contributed by atoms with Crippen molar-refractivity contribution in [2.24, 2.45) is 0 Å². The highest BCUT2D eigenvalue weighted by molar-refractivity contribution is 8.00. The minimum atomic E-state index is -0.392. The number of fused-ring (bicyclic) bond motifs is 1. The fourth-order valence-electron chi connectivity index (χ4n) is 2.99. The second-order valence-electron chi connectivity index (χ2n) is 5.75. The lowest BCUT2D eigenvalue weighted by Crippen LogP contribution is -2.15. The van der Waals surface area contributed by atoms with Gasteiger partial charge in [0.05, 0.1) is 27.8 Å². The zero-order chi connectivity index (χ0) is 18.1. The summed E-state index contributed by atoms with van der Waals surface area (Å²) in [6, 6.07) is 16.1. The van der Waals surface area contributed by atoms with Gasteiger partial charge in [-0.1, -0.05) is 36.4 Å². The number of nitro groups is 1. The van der Waals surface area contributed by atoms with Crippen molar-refractivity contribution in [1.82, 2.24) is 9.78 Å². The maximum atomic E-state index is 12.2. The largest absolute Gasteiger partial charge is 0.310 e. The molecule has 0 saturated heterocycles. The van der Waals surface area contributed by atoms with E-state index in [9.17, 15) is 14.9 Å². The molecule has 3 aromatic rings.